The van der Waals surface area contributed by atoms with Gasteiger partial charge in [0.05, 0.1) is 0 Å². The zero-order valence-electron chi connectivity index (χ0n) is 10.7. The molecule has 9 heteroatoms. The van der Waals surface area contributed by atoms with E-state index in [1.807, 2.05) is 6.92 Å². The molecule has 1 heterocycles. The smallest absolute Gasteiger partial charge is 0.369 e. The third-order valence-corrected chi connectivity index (χ3v) is 2.39. The SMILES string of the molecule is CCCNC(=O)CCNc1cc(C(F)(F)F)nc(Cl)n1. The van der Waals surface area contributed by atoms with Crippen molar-refractivity contribution in [3.05, 3.63) is 17.0 Å². The van der Waals surface area contributed by atoms with Crippen molar-refractivity contribution in [2.45, 2.75) is 25.9 Å². The van der Waals surface area contributed by atoms with Crippen LogP contribution in [0.3, 0.4) is 0 Å². The molecule has 0 aliphatic heterocycles. The Morgan fingerprint density at radius 2 is 2.05 bits per heavy atom. The topological polar surface area (TPSA) is 66.9 Å². The molecule has 5 nitrogen and oxygen atoms in total. The molecule has 0 atom stereocenters. The molecule has 1 rings (SSSR count). The summed E-state index contributed by atoms with van der Waals surface area (Å²) >= 11 is 5.42. The van der Waals surface area contributed by atoms with Gasteiger partial charge in [0.1, 0.15) is 5.82 Å². The summed E-state index contributed by atoms with van der Waals surface area (Å²) in [5, 5.41) is 4.75. The average molecular weight is 311 g/mol. The van der Waals surface area contributed by atoms with Crippen LogP contribution in [0.5, 0.6) is 0 Å². The van der Waals surface area contributed by atoms with Crippen LogP contribution >= 0.6 is 11.6 Å². The lowest BCUT2D eigenvalue weighted by Crippen LogP contribution is -2.26. The maximum absolute atomic E-state index is 12.5. The second kappa shape index (κ2) is 7.28. The molecule has 0 radical (unpaired) electrons. The third-order valence-electron chi connectivity index (χ3n) is 2.22. The quantitative estimate of drug-likeness (QED) is 0.792. The van der Waals surface area contributed by atoms with E-state index < -0.39 is 17.2 Å². The highest BCUT2D eigenvalue weighted by atomic mass is 35.5. The van der Waals surface area contributed by atoms with Gasteiger partial charge in [0.2, 0.25) is 11.2 Å². The number of amides is 1. The van der Waals surface area contributed by atoms with Crippen molar-refractivity contribution in [2.75, 3.05) is 18.4 Å². The van der Waals surface area contributed by atoms with Gasteiger partial charge in [-0.15, -0.1) is 0 Å². The minimum Gasteiger partial charge on any atom is -0.369 e. The van der Waals surface area contributed by atoms with Crippen LogP contribution in [0, 0.1) is 0 Å². The Labute approximate surface area is 118 Å². The standard InChI is InChI=1S/C11H14ClF3N4O/c1-2-4-17-9(20)3-5-16-8-6-7(11(13,14)15)18-10(12)19-8/h6H,2-5H2,1H3,(H,17,20)(H,16,18,19). The molecule has 0 aliphatic rings. The van der Waals surface area contributed by atoms with Gasteiger partial charge in [0.25, 0.3) is 0 Å². The van der Waals surface area contributed by atoms with Crippen molar-refractivity contribution >= 4 is 23.3 Å². The van der Waals surface area contributed by atoms with Crippen LogP contribution in [0.25, 0.3) is 0 Å². The Hall–Kier alpha value is -1.57. The number of hydrogen-bond acceptors (Lipinski definition) is 4. The molecule has 20 heavy (non-hydrogen) atoms. The number of rotatable bonds is 6. The van der Waals surface area contributed by atoms with Crippen molar-refractivity contribution < 1.29 is 18.0 Å². The number of anilines is 1. The van der Waals surface area contributed by atoms with Crippen LogP contribution in [0.4, 0.5) is 19.0 Å². The van der Waals surface area contributed by atoms with Crippen LogP contribution in [0.2, 0.25) is 5.28 Å². The number of halogens is 4. The molecular weight excluding hydrogens is 297 g/mol. The molecule has 0 saturated carbocycles. The van der Waals surface area contributed by atoms with E-state index in [0.717, 1.165) is 12.5 Å². The Morgan fingerprint density at radius 1 is 1.35 bits per heavy atom. The summed E-state index contributed by atoms with van der Waals surface area (Å²) in [5.41, 5.74) is -1.13. The lowest BCUT2D eigenvalue weighted by Gasteiger charge is -2.10. The van der Waals surface area contributed by atoms with Crippen LogP contribution in [0.15, 0.2) is 6.07 Å². The predicted octanol–water partition coefficient (Wildman–Crippen LogP) is 2.48. The molecule has 1 aromatic rings. The monoisotopic (exact) mass is 310 g/mol. The van der Waals surface area contributed by atoms with Gasteiger partial charge in [0, 0.05) is 25.6 Å². The van der Waals surface area contributed by atoms with Gasteiger partial charge in [0.15, 0.2) is 5.69 Å². The van der Waals surface area contributed by atoms with Gasteiger partial charge in [-0.1, -0.05) is 6.92 Å². The van der Waals surface area contributed by atoms with Crippen molar-refractivity contribution in [3.8, 4) is 0 Å². The second-order valence-electron chi connectivity index (χ2n) is 3.93. The van der Waals surface area contributed by atoms with E-state index >= 15 is 0 Å². The van der Waals surface area contributed by atoms with Gasteiger partial charge in [-0.25, -0.2) is 9.97 Å². The number of carbonyl (C=O) groups is 1. The van der Waals surface area contributed by atoms with Crippen LogP contribution in [0.1, 0.15) is 25.5 Å². The lowest BCUT2D eigenvalue weighted by atomic mass is 10.3. The fourth-order valence-electron chi connectivity index (χ4n) is 1.31. The fourth-order valence-corrected chi connectivity index (χ4v) is 1.49. The van der Waals surface area contributed by atoms with Crippen LogP contribution in [-0.4, -0.2) is 29.0 Å². The van der Waals surface area contributed by atoms with E-state index in [0.29, 0.717) is 6.54 Å². The first-order chi connectivity index (χ1) is 9.32. The highest BCUT2D eigenvalue weighted by molar-refractivity contribution is 6.28. The van der Waals surface area contributed by atoms with E-state index in [4.69, 9.17) is 11.6 Å². The number of nitrogens with one attached hydrogen (secondary N) is 2. The number of aromatic nitrogens is 2. The van der Waals surface area contributed by atoms with Crippen molar-refractivity contribution in [3.63, 3.8) is 0 Å². The molecular formula is C11H14ClF3N4O. The zero-order valence-corrected chi connectivity index (χ0v) is 11.5. The summed E-state index contributed by atoms with van der Waals surface area (Å²) in [6, 6.07) is 0.746. The number of carbonyl (C=O) groups excluding carboxylic acids is 1. The number of nitrogens with zero attached hydrogens (tertiary/aromatic N) is 2. The van der Waals surface area contributed by atoms with Crippen molar-refractivity contribution in [2.24, 2.45) is 0 Å². The van der Waals surface area contributed by atoms with Crippen molar-refractivity contribution in [1.29, 1.82) is 0 Å². The largest absolute Gasteiger partial charge is 0.433 e. The van der Waals surface area contributed by atoms with Crippen LogP contribution < -0.4 is 10.6 Å². The summed E-state index contributed by atoms with van der Waals surface area (Å²) in [5.74, 6) is -0.254. The second-order valence-corrected chi connectivity index (χ2v) is 4.27. The van der Waals surface area contributed by atoms with Crippen LogP contribution in [-0.2, 0) is 11.0 Å². The summed E-state index contributed by atoms with van der Waals surface area (Å²) < 4.78 is 37.5. The molecule has 0 bridgehead atoms. The molecule has 0 aromatic carbocycles. The minimum atomic E-state index is -4.60. The van der Waals surface area contributed by atoms with E-state index in [2.05, 4.69) is 20.6 Å². The Morgan fingerprint density at radius 3 is 2.65 bits per heavy atom. The molecule has 0 saturated heterocycles. The third kappa shape index (κ3) is 5.60. The normalized spacial score (nSPS) is 11.2. The maximum atomic E-state index is 12.5. The molecule has 0 fully saturated rings. The molecule has 2 N–H and O–H groups in total. The maximum Gasteiger partial charge on any atom is 0.433 e. The molecule has 0 aliphatic carbocycles. The van der Waals surface area contributed by atoms with Gasteiger partial charge in [-0.3, -0.25) is 4.79 Å². The van der Waals surface area contributed by atoms with E-state index in [9.17, 15) is 18.0 Å². The average Bonchev–Trinajstić information content (AvgIpc) is 2.34. The predicted molar refractivity (Wildman–Crippen MR) is 68.5 cm³/mol. The highest BCUT2D eigenvalue weighted by Gasteiger charge is 2.33. The molecule has 1 amide bonds. The lowest BCUT2D eigenvalue weighted by molar-refractivity contribution is -0.141. The first kappa shape index (κ1) is 16.5. The first-order valence-corrected chi connectivity index (χ1v) is 6.33. The first-order valence-electron chi connectivity index (χ1n) is 5.95. The highest BCUT2D eigenvalue weighted by Crippen LogP contribution is 2.29. The van der Waals surface area contributed by atoms with E-state index in [-0.39, 0.29) is 24.7 Å². The van der Waals surface area contributed by atoms with Gasteiger partial charge in [-0.05, 0) is 18.0 Å². The Kier molecular flexibility index (Phi) is 6.00. The Balaban J connectivity index is 2.56. The summed E-state index contributed by atoms with van der Waals surface area (Å²) in [7, 11) is 0. The molecule has 112 valence electrons. The Bertz CT molecular complexity index is 467. The summed E-state index contributed by atoms with van der Waals surface area (Å²) in [6.45, 7) is 2.64. The van der Waals surface area contributed by atoms with E-state index in [1.54, 1.807) is 0 Å². The molecule has 0 spiro atoms. The fraction of sp³-hybridized carbons (Fsp3) is 0.545. The van der Waals surface area contributed by atoms with Crippen molar-refractivity contribution in [1.82, 2.24) is 15.3 Å². The minimum absolute atomic E-state index is 0.0689. The van der Waals surface area contributed by atoms with Gasteiger partial charge >= 0.3 is 6.18 Å². The summed E-state index contributed by atoms with van der Waals surface area (Å²) in [4.78, 5) is 18.0. The number of hydrogen-bond donors (Lipinski definition) is 2. The molecule has 1 aromatic heterocycles. The number of alkyl halides is 3. The van der Waals surface area contributed by atoms with Gasteiger partial charge in [-0.2, -0.15) is 13.2 Å². The summed E-state index contributed by atoms with van der Waals surface area (Å²) in [6.07, 6.45) is -3.65. The van der Waals surface area contributed by atoms with E-state index in [1.165, 1.54) is 0 Å². The zero-order chi connectivity index (χ0) is 15.2. The molecule has 0 unspecified atom stereocenters. The van der Waals surface area contributed by atoms with Gasteiger partial charge < -0.3 is 10.6 Å².